The molecule has 0 saturated carbocycles. The van der Waals surface area contributed by atoms with Crippen LogP contribution < -0.4 is 15.5 Å². The van der Waals surface area contributed by atoms with Crippen LogP contribution in [0.5, 0.6) is 0 Å². The Morgan fingerprint density at radius 1 is 1.00 bits per heavy atom. The van der Waals surface area contributed by atoms with Gasteiger partial charge >= 0.3 is 0 Å². The van der Waals surface area contributed by atoms with E-state index in [4.69, 9.17) is 0 Å². The van der Waals surface area contributed by atoms with E-state index < -0.39 is 0 Å². The van der Waals surface area contributed by atoms with Gasteiger partial charge in [-0.05, 0) is 17.7 Å². The lowest BCUT2D eigenvalue weighted by Gasteiger charge is -2.37. The minimum absolute atomic E-state index is 0.00109. The van der Waals surface area contributed by atoms with Crippen LogP contribution in [0.1, 0.15) is 12.0 Å². The van der Waals surface area contributed by atoms with E-state index in [9.17, 15) is 9.18 Å². The first-order valence-corrected chi connectivity index (χ1v) is 9.93. The summed E-state index contributed by atoms with van der Waals surface area (Å²) in [5.74, 6) is 0.584. The Balaban J connectivity index is 1.39. The molecular weight excluding hydrogens is 369 g/mol. The van der Waals surface area contributed by atoms with Crippen LogP contribution in [0.25, 0.3) is 0 Å². The van der Waals surface area contributed by atoms with Gasteiger partial charge in [0, 0.05) is 52.7 Å². The average Bonchev–Trinajstić information content (AvgIpc) is 2.77. The lowest BCUT2D eigenvalue weighted by Crippen LogP contribution is -2.53. The second kappa shape index (κ2) is 10.5. The molecule has 1 aliphatic heterocycles. The van der Waals surface area contributed by atoms with Crippen molar-refractivity contribution in [2.75, 3.05) is 44.7 Å². The van der Waals surface area contributed by atoms with Gasteiger partial charge in [0.25, 0.3) is 0 Å². The molecule has 29 heavy (non-hydrogen) atoms. The number of guanidine groups is 1. The molecular formula is C22H28FN5O. The number of para-hydroxylation sites is 1. The van der Waals surface area contributed by atoms with E-state index in [0.29, 0.717) is 25.2 Å². The maximum absolute atomic E-state index is 14.0. The largest absolute Gasteiger partial charge is 0.366 e. The van der Waals surface area contributed by atoms with Gasteiger partial charge in [-0.1, -0.05) is 42.5 Å². The Bertz CT molecular complexity index is 819. The number of halogens is 1. The molecule has 7 heteroatoms. The molecule has 1 amide bonds. The van der Waals surface area contributed by atoms with Crippen molar-refractivity contribution in [3.8, 4) is 0 Å². The summed E-state index contributed by atoms with van der Waals surface area (Å²) in [6.07, 6.45) is 0.376. The minimum atomic E-state index is -0.190. The van der Waals surface area contributed by atoms with E-state index in [1.54, 1.807) is 13.1 Å². The molecule has 2 aromatic carbocycles. The van der Waals surface area contributed by atoms with Crippen molar-refractivity contribution in [1.29, 1.82) is 0 Å². The number of nitrogens with zero attached hydrogens (tertiary/aromatic N) is 3. The molecule has 2 aromatic rings. The summed E-state index contributed by atoms with van der Waals surface area (Å²) >= 11 is 0. The second-order valence-electron chi connectivity index (χ2n) is 6.91. The highest BCUT2D eigenvalue weighted by molar-refractivity contribution is 5.81. The zero-order valence-electron chi connectivity index (χ0n) is 16.8. The van der Waals surface area contributed by atoms with Gasteiger partial charge in [0.1, 0.15) is 5.82 Å². The highest BCUT2D eigenvalue weighted by atomic mass is 19.1. The van der Waals surface area contributed by atoms with Crippen molar-refractivity contribution in [1.82, 2.24) is 15.5 Å². The maximum atomic E-state index is 14.0. The van der Waals surface area contributed by atoms with E-state index in [-0.39, 0.29) is 11.7 Å². The molecule has 0 bridgehead atoms. The van der Waals surface area contributed by atoms with E-state index in [2.05, 4.69) is 25.4 Å². The number of amides is 1. The van der Waals surface area contributed by atoms with E-state index in [0.717, 1.165) is 37.7 Å². The predicted octanol–water partition coefficient (Wildman–Crippen LogP) is 2.23. The summed E-state index contributed by atoms with van der Waals surface area (Å²) in [5, 5.41) is 6.18. The Morgan fingerprint density at radius 3 is 2.38 bits per heavy atom. The molecule has 1 fully saturated rings. The molecule has 0 spiro atoms. The zero-order chi connectivity index (χ0) is 20.5. The third-order valence-corrected chi connectivity index (χ3v) is 4.95. The number of piperazine rings is 1. The number of carbonyl (C=O) groups is 1. The van der Waals surface area contributed by atoms with Gasteiger partial charge in [-0.25, -0.2) is 4.39 Å². The summed E-state index contributed by atoms with van der Waals surface area (Å²) in [4.78, 5) is 20.6. The van der Waals surface area contributed by atoms with Crippen LogP contribution in [-0.4, -0.2) is 56.5 Å². The molecule has 3 rings (SSSR count). The number of carbonyl (C=O) groups excluding carboxylic acids is 1. The highest BCUT2D eigenvalue weighted by Gasteiger charge is 2.21. The average molecular weight is 397 g/mol. The second-order valence-corrected chi connectivity index (χ2v) is 6.91. The summed E-state index contributed by atoms with van der Waals surface area (Å²) < 4.78 is 14.0. The molecule has 0 atom stereocenters. The maximum Gasteiger partial charge on any atom is 0.222 e. The van der Waals surface area contributed by atoms with E-state index in [1.807, 2.05) is 42.5 Å². The van der Waals surface area contributed by atoms with Crippen LogP contribution in [0.15, 0.2) is 59.6 Å². The summed E-state index contributed by atoms with van der Waals surface area (Å²) in [6.45, 7) is 3.98. The van der Waals surface area contributed by atoms with Crippen molar-refractivity contribution in [2.24, 2.45) is 4.99 Å². The standard InChI is InChI=1S/C22H28FN5O/c1-24-22(25-12-11-21(29)26-17-18-7-3-2-4-8-18)28-15-13-27(14-16-28)20-10-6-5-9-19(20)23/h2-10H,11-17H2,1H3,(H,24,25)(H,26,29). The summed E-state index contributed by atoms with van der Waals surface area (Å²) in [7, 11) is 1.74. The Kier molecular flexibility index (Phi) is 7.44. The number of anilines is 1. The van der Waals surface area contributed by atoms with Crippen molar-refractivity contribution in [3.05, 3.63) is 66.0 Å². The number of benzene rings is 2. The van der Waals surface area contributed by atoms with Crippen LogP contribution in [-0.2, 0) is 11.3 Å². The molecule has 0 unspecified atom stereocenters. The molecule has 0 aromatic heterocycles. The van der Waals surface area contributed by atoms with Gasteiger partial charge in [0.05, 0.1) is 5.69 Å². The predicted molar refractivity (Wildman–Crippen MR) is 114 cm³/mol. The fraction of sp³-hybridized carbons (Fsp3) is 0.364. The topological polar surface area (TPSA) is 60.0 Å². The fourth-order valence-electron chi connectivity index (χ4n) is 3.37. The summed E-state index contributed by atoms with van der Waals surface area (Å²) in [5.41, 5.74) is 1.72. The first-order valence-electron chi connectivity index (χ1n) is 9.93. The number of hydrogen-bond acceptors (Lipinski definition) is 3. The molecule has 6 nitrogen and oxygen atoms in total. The van der Waals surface area contributed by atoms with Crippen molar-refractivity contribution < 1.29 is 9.18 Å². The molecule has 1 heterocycles. The molecule has 2 N–H and O–H groups in total. The van der Waals surface area contributed by atoms with Gasteiger partial charge in [0.2, 0.25) is 5.91 Å². The minimum Gasteiger partial charge on any atom is -0.366 e. The van der Waals surface area contributed by atoms with Crippen molar-refractivity contribution in [3.63, 3.8) is 0 Å². The molecule has 0 radical (unpaired) electrons. The van der Waals surface area contributed by atoms with E-state index >= 15 is 0 Å². The van der Waals surface area contributed by atoms with Gasteiger partial charge in [0.15, 0.2) is 5.96 Å². The molecule has 1 saturated heterocycles. The third-order valence-electron chi connectivity index (χ3n) is 4.95. The van der Waals surface area contributed by atoms with Crippen LogP contribution >= 0.6 is 0 Å². The smallest absolute Gasteiger partial charge is 0.222 e. The molecule has 1 aliphatic rings. The van der Waals surface area contributed by atoms with Crippen molar-refractivity contribution in [2.45, 2.75) is 13.0 Å². The quantitative estimate of drug-likeness (QED) is 0.580. The zero-order valence-corrected chi connectivity index (χ0v) is 16.8. The highest BCUT2D eigenvalue weighted by Crippen LogP contribution is 2.20. The number of nitrogens with one attached hydrogen (secondary N) is 2. The fourth-order valence-corrected chi connectivity index (χ4v) is 3.37. The first-order chi connectivity index (χ1) is 14.2. The van der Waals surface area contributed by atoms with Crippen LogP contribution in [0.3, 0.4) is 0 Å². The lowest BCUT2D eigenvalue weighted by molar-refractivity contribution is -0.121. The van der Waals surface area contributed by atoms with Crippen LogP contribution in [0.2, 0.25) is 0 Å². The Hall–Kier alpha value is -3.09. The number of hydrogen-bond donors (Lipinski definition) is 2. The third kappa shape index (κ3) is 5.94. The van der Waals surface area contributed by atoms with Gasteiger partial charge in [-0.3, -0.25) is 9.79 Å². The molecule has 154 valence electrons. The number of rotatable bonds is 6. The Labute approximate surface area is 171 Å². The van der Waals surface area contributed by atoms with Crippen LogP contribution in [0, 0.1) is 5.82 Å². The normalized spacial score (nSPS) is 14.6. The Morgan fingerprint density at radius 2 is 1.69 bits per heavy atom. The first kappa shape index (κ1) is 20.6. The van der Waals surface area contributed by atoms with Gasteiger partial charge in [-0.15, -0.1) is 0 Å². The van der Waals surface area contributed by atoms with Gasteiger partial charge in [-0.2, -0.15) is 0 Å². The van der Waals surface area contributed by atoms with E-state index in [1.165, 1.54) is 6.07 Å². The monoisotopic (exact) mass is 397 g/mol. The SMILES string of the molecule is CN=C(NCCC(=O)NCc1ccccc1)N1CCN(c2ccccc2F)CC1. The van der Waals surface area contributed by atoms with Crippen LogP contribution in [0.4, 0.5) is 10.1 Å². The summed E-state index contributed by atoms with van der Waals surface area (Å²) in [6, 6.07) is 16.7. The van der Waals surface area contributed by atoms with Gasteiger partial charge < -0.3 is 20.4 Å². The molecule has 0 aliphatic carbocycles. The lowest BCUT2D eigenvalue weighted by atomic mass is 10.2. The number of aliphatic imine (C=N–C) groups is 1. The van der Waals surface area contributed by atoms with Crippen molar-refractivity contribution >= 4 is 17.6 Å².